The topological polar surface area (TPSA) is 53.6 Å². The van der Waals surface area contributed by atoms with Crippen molar-refractivity contribution in [3.63, 3.8) is 0 Å². The van der Waals surface area contributed by atoms with Crippen LogP contribution in [0.1, 0.15) is 32.6 Å². The summed E-state index contributed by atoms with van der Waals surface area (Å²) in [6.07, 6.45) is 8.97. The third-order valence-corrected chi connectivity index (χ3v) is 4.14. The van der Waals surface area contributed by atoms with Gasteiger partial charge in [0.1, 0.15) is 17.8 Å². The molecule has 18 heavy (non-hydrogen) atoms. The Bertz CT molecular complexity index is 519. The molecule has 4 nitrogen and oxygen atoms in total. The number of fused-ring (bicyclic) bond motifs is 1. The maximum atomic E-state index is 4.34. The lowest BCUT2D eigenvalue weighted by molar-refractivity contribution is 0.492. The fraction of sp³-hybridized carbons (Fsp3) is 0.571. The van der Waals surface area contributed by atoms with Gasteiger partial charge in [-0.3, -0.25) is 0 Å². The number of aromatic nitrogens is 3. The quantitative estimate of drug-likeness (QED) is 0.868. The minimum Gasteiger partial charge on any atom is -0.369 e. The van der Waals surface area contributed by atoms with E-state index >= 15 is 0 Å². The van der Waals surface area contributed by atoms with Crippen LogP contribution in [0.4, 0.5) is 5.82 Å². The summed E-state index contributed by atoms with van der Waals surface area (Å²) in [6.45, 7) is 3.34. The van der Waals surface area contributed by atoms with Crippen LogP contribution in [0.2, 0.25) is 0 Å². The number of hydrogen-bond acceptors (Lipinski definition) is 3. The van der Waals surface area contributed by atoms with E-state index in [-0.39, 0.29) is 0 Å². The monoisotopic (exact) mass is 244 g/mol. The minimum atomic E-state index is 0.805. The maximum absolute atomic E-state index is 4.34. The molecule has 1 aliphatic rings. The summed E-state index contributed by atoms with van der Waals surface area (Å²) in [7, 11) is 0. The molecule has 2 heterocycles. The maximum Gasteiger partial charge on any atom is 0.142 e. The summed E-state index contributed by atoms with van der Waals surface area (Å²) in [5.41, 5.74) is 0.908. The standard InChI is InChI=1S/C14H20N4/c1-2-10-3-4-11(7-10)8-16-14-12-5-6-15-13(12)17-9-18-14/h5-6,9-11H,2-4,7-8H2,1H3,(H2,15,16,17,18). The first-order chi connectivity index (χ1) is 8.86. The molecule has 1 fully saturated rings. The number of nitrogens with zero attached hydrogens (tertiary/aromatic N) is 2. The molecular formula is C14H20N4. The summed E-state index contributed by atoms with van der Waals surface area (Å²) in [5, 5.41) is 4.57. The second-order valence-corrected chi connectivity index (χ2v) is 5.30. The van der Waals surface area contributed by atoms with E-state index in [1.54, 1.807) is 6.33 Å². The number of anilines is 1. The van der Waals surface area contributed by atoms with E-state index in [9.17, 15) is 0 Å². The Morgan fingerprint density at radius 1 is 1.33 bits per heavy atom. The molecule has 2 aromatic rings. The van der Waals surface area contributed by atoms with Crippen molar-refractivity contribution in [2.45, 2.75) is 32.6 Å². The molecule has 3 rings (SSSR count). The Hall–Kier alpha value is -1.58. The van der Waals surface area contributed by atoms with E-state index in [1.165, 1.54) is 25.7 Å². The first-order valence-corrected chi connectivity index (χ1v) is 6.88. The molecule has 0 bridgehead atoms. The van der Waals surface area contributed by atoms with Crippen LogP contribution in [-0.2, 0) is 0 Å². The van der Waals surface area contributed by atoms with Gasteiger partial charge >= 0.3 is 0 Å². The van der Waals surface area contributed by atoms with Gasteiger partial charge in [-0.1, -0.05) is 19.8 Å². The predicted octanol–water partition coefficient (Wildman–Crippen LogP) is 3.20. The fourth-order valence-electron chi connectivity index (χ4n) is 2.99. The van der Waals surface area contributed by atoms with Crippen LogP contribution in [0.5, 0.6) is 0 Å². The van der Waals surface area contributed by atoms with Crippen molar-refractivity contribution < 1.29 is 0 Å². The molecule has 2 N–H and O–H groups in total. The van der Waals surface area contributed by atoms with Crippen molar-refractivity contribution in [3.05, 3.63) is 18.6 Å². The van der Waals surface area contributed by atoms with E-state index in [0.29, 0.717) is 0 Å². The lowest BCUT2D eigenvalue weighted by Gasteiger charge is -2.12. The van der Waals surface area contributed by atoms with Gasteiger partial charge in [-0.05, 0) is 30.7 Å². The molecule has 96 valence electrons. The molecule has 1 aliphatic carbocycles. The van der Waals surface area contributed by atoms with Crippen LogP contribution in [0.3, 0.4) is 0 Å². The average molecular weight is 244 g/mol. The van der Waals surface area contributed by atoms with Crippen molar-refractivity contribution in [1.82, 2.24) is 15.0 Å². The molecule has 0 aromatic carbocycles. The van der Waals surface area contributed by atoms with Gasteiger partial charge in [0.25, 0.3) is 0 Å². The number of aromatic amines is 1. The zero-order valence-corrected chi connectivity index (χ0v) is 10.8. The first-order valence-electron chi connectivity index (χ1n) is 6.88. The van der Waals surface area contributed by atoms with E-state index in [1.807, 2.05) is 12.3 Å². The number of rotatable bonds is 4. The highest BCUT2D eigenvalue weighted by atomic mass is 15.0. The van der Waals surface area contributed by atoms with E-state index in [2.05, 4.69) is 27.2 Å². The molecule has 4 heteroatoms. The van der Waals surface area contributed by atoms with Gasteiger partial charge in [0.2, 0.25) is 0 Å². The van der Waals surface area contributed by atoms with Gasteiger partial charge in [0, 0.05) is 12.7 Å². The molecule has 2 atom stereocenters. The van der Waals surface area contributed by atoms with Gasteiger partial charge < -0.3 is 10.3 Å². The van der Waals surface area contributed by atoms with Crippen molar-refractivity contribution >= 4 is 16.9 Å². The lowest BCUT2D eigenvalue weighted by Crippen LogP contribution is -2.12. The fourth-order valence-corrected chi connectivity index (χ4v) is 2.99. The zero-order chi connectivity index (χ0) is 12.4. The number of nitrogens with one attached hydrogen (secondary N) is 2. The van der Waals surface area contributed by atoms with Crippen molar-refractivity contribution in [3.8, 4) is 0 Å². The minimum absolute atomic E-state index is 0.805. The van der Waals surface area contributed by atoms with Crippen molar-refractivity contribution in [2.24, 2.45) is 11.8 Å². The van der Waals surface area contributed by atoms with Gasteiger partial charge in [-0.2, -0.15) is 0 Å². The normalized spacial score (nSPS) is 23.6. The van der Waals surface area contributed by atoms with E-state index in [0.717, 1.165) is 35.2 Å². The highest BCUT2D eigenvalue weighted by Crippen LogP contribution is 2.33. The summed E-state index contributed by atoms with van der Waals surface area (Å²) in [5.74, 6) is 2.70. The Labute approximate surface area is 107 Å². The molecule has 0 radical (unpaired) electrons. The van der Waals surface area contributed by atoms with Gasteiger partial charge in [-0.15, -0.1) is 0 Å². The molecule has 0 aliphatic heterocycles. The number of H-pyrrole nitrogens is 1. The van der Waals surface area contributed by atoms with E-state index in [4.69, 9.17) is 0 Å². The third-order valence-electron chi connectivity index (χ3n) is 4.14. The summed E-state index contributed by atoms with van der Waals surface area (Å²) < 4.78 is 0. The zero-order valence-electron chi connectivity index (χ0n) is 10.8. The molecular weight excluding hydrogens is 224 g/mol. The van der Waals surface area contributed by atoms with Crippen LogP contribution in [0.15, 0.2) is 18.6 Å². The van der Waals surface area contributed by atoms with Crippen LogP contribution < -0.4 is 5.32 Å². The van der Waals surface area contributed by atoms with Crippen LogP contribution in [0, 0.1) is 11.8 Å². The van der Waals surface area contributed by atoms with Crippen LogP contribution in [0.25, 0.3) is 11.0 Å². The molecule has 0 amide bonds. The van der Waals surface area contributed by atoms with Crippen LogP contribution in [-0.4, -0.2) is 21.5 Å². The highest BCUT2D eigenvalue weighted by molar-refractivity contribution is 5.86. The van der Waals surface area contributed by atoms with Crippen molar-refractivity contribution in [1.29, 1.82) is 0 Å². The second-order valence-electron chi connectivity index (χ2n) is 5.30. The Morgan fingerprint density at radius 3 is 3.06 bits per heavy atom. The highest BCUT2D eigenvalue weighted by Gasteiger charge is 2.23. The van der Waals surface area contributed by atoms with Gasteiger partial charge in [-0.25, -0.2) is 9.97 Å². The Balaban J connectivity index is 1.65. The average Bonchev–Trinajstić information content (AvgIpc) is 3.05. The second kappa shape index (κ2) is 4.96. The number of hydrogen-bond donors (Lipinski definition) is 2. The van der Waals surface area contributed by atoms with Gasteiger partial charge in [0.15, 0.2) is 0 Å². The van der Waals surface area contributed by atoms with Gasteiger partial charge in [0.05, 0.1) is 5.39 Å². The molecule has 0 saturated heterocycles. The Kier molecular flexibility index (Phi) is 3.17. The molecule has 0 spiro atoms. The third kappa shape index (κ3) is 2.19. The Morgan fingerprint density at radius 2 is 2.22 bits per heavy atom. The van der Waals surface area contributed by atoms with Crippen molar-refractivity contribution in [2.75, 3.05) is 11.9 Å². The lowest BCUT2D eigenvalue weighted by atomic mass is 10.0. The molecule has 2 unspecified atom stereocenters. The molecule has 2 aromatic heterocycles. The van der Waals surface area contributed by atoms with E-state index < -0.39 is 0 Å². The predicted molar refractivity (Wildman–Crippen MR) is 73.5 cm³/mol. The summed E-state index contributed by atoms with van der Waals surface area (Å²) in [4.78, 5) is 11.7. The largest absolute Gasteiger partial charge is 0.369 e. The van der Waals surface area contributed by atoms with Crippen LogP contribution >= 0.6 is 0 Å². The molecule has 1 saturated carbocycles. The summed E-state index contributed by atoms with van der Waals surface area (Å²) >= 11 is 0. The SMILES string of the molecule is CCC1CCC(CNc2ncnc3[nH]ccc23)C1. The first kappa shape index (κ1) is 11.5. The summed E-state index contributed by atoms with van der Waals surface area (Å²) in [6, 6.07) is 2.03. The smallest absolute Gasteiger partial charge is 0.142 e.